The molecule has 0 unspecified atom stereocenters. The van der Waals surface area contributed by atoms with Gasteiger partial charge in [-0.15, -0.1) is 0 Å². The molecule has 2 aliphatic heterocycles. The van der Waals surface area contributed by atoms with Crippen molar-refractivity contribution < 1.29 is 18.9 Å². The van der Waals surface area contributed by atoms with Crippen LogP contribution in [0.15, 0.2) is 11.8 Å². The van der Waals surface area contributed by atoms with Crippen LogP contribution < -0.4 is 0 Å². The molecule has 1 spiro atoms. The molecular weight excluding hydrogens is 422 g/mol. The number of Topliss-reactive ketones (excluding diaryl/α,β-unsaturated/α-hetero) is 1. The third-order valence-electron chi connectivity index (χ3n) is 10.1. The van der Waals surface area contributed by atoms with E-state index in [1.165, 1.54) is 0 Å². The molecule has 180 valence electrons. The predicted molar refractivity (Wildman–Crippen MR) is 126 cm³/mol. The zero-order valence-electron chi connectivity index (χ0n) is 21.1. The van der Waals surface area contributed by atoms with Gasteiger partial charge in [-0.1, -0.05) is 48.0 Å². The maximum absolute atomic E-state index is 14.5. The van der Waals surface area contributed by atoms with Gasteiger partial charge in [0.15, 0.2) is 14.1 Å². The van der Waals surface area contributed by atoms with Crippen LogP contribution in [0.3, 0.4) is 0 Å². The van der Waals surface area contributed by atoms with E-state index in [1.54, 1.807) is 0 Å². The standard InChI is InChI=1S/C25H41NO5Si/c1-22(2,3)32(7,8)30-15-16-10-9-11-24(6)14-20-18-12-17(26(28)29)13-19(23(18,4)5)21(27)25(16,24)31-20/h12,16,18-20H,9-11,13-15H2,1-8H3/t16-,18-,19+,20+,24+,25-/m1/s1. The molecule has 0 aromatic rings. The number of carbonyl (C=O) groups is 1. The summed E-state index contributed by atoms with van der Waals surface area (Å²) >= 11 is 0. The van der Waals surface area contributed by atoms with Crippen LogP contribution in [-0.4, -0.2) is 37.3 Å². The van der Waals surface area contributed by atoms with Gasteiger partial charge in [0.05, 0.1) is 11.0 Å². The maximum Gasteiger partial charge on any atom is 0.243 e. The van der Waals surface area contributed by atoms with Crippen molar-refractivity contribution in [2.45, 2.75) is 103 Å². The number of nitro groups is 1. The number of ether oxygens (including phenoxy) is 1. The zero-order chi connectivity index (χ0) is 23.9. The van der Waals surface area contributed by atoms with Gasteiger partial charge in [-0.05, 0) is 48.9 Å². The van der Waals surface area contributed by atoms with E-state index in [-0.39, 0.29) is 56.6 Å². The molecule has 0 amide bonds. The van der Waals surface area contributed by atoms with Crippen LogP contribution in [0.25, 0.3) is 0 Å². The summed E-state index contributed by atoms with van der Waals surface area (Å²) in [5, 5.41) is 11.8. The summed E-state index contributed by atoms with van der Waals surface area (Å²) in [7, 11) is -1.98. The van der Waals surface area contributed by atoms with E-state index in [2.05, 4.69) is 54.6 Å². The molecule has 2 aliphatic carbocycles. The number of rotatable bonds is 4. The fourth-order valence-electron chi connectivity index (χ4n) is 6.93. The summed E-state index contributed by atoms with van der Waals surface area (Å²) in [5.41, 5.74) is -1.29. The SMILES string of the molecule is CC1(C)[C@@H]2C=C([N+](=O)[O-])C[C@H]1C(=O)[C@@]13O[C@H]2C[C@]1(C)CCC[C@@H]3CO[Si](C)(C)C(C)(C)C. The van der Waals surface area contributed by atoms with E-state index in [1.807, 2.05) is 6.08 Å². The van der Waals surface area contributed by atoms with E-state index >= 15 is 0 Å². The van der Waals surface area contributed by atoms with Gasteiger partial charge in [0.25, 0.3) is 0 Å². The Labute approximate surface area is 193 Å². The third kappa shape index (κ3) is 3.21. The Kier molecular flexibility index (Phi) is 5.44. The summed E-state index contributed by atoms with van der Waals surface area (Å²) in [5.74, 6) is -0.404. The molecule has 0 aromatic heterocycles. The van der Waals surface area contributed by atoms with Crippen LogP contribution in [0.5, 0.6) is 0 Å². The molecular formula is C25H41NO5Si. The molecule has 2 heterocycles. The fourth-order valence-corrected chi connectivity index (χ4v) is 7.98. The summed E-state index contributed by atoms with van der Waals surface area (Å²) in [6, 6.07) is 0. The lowest BCUT2D eigenvalue weighted by molar-refractivity contribution is -0.431. The van der Waals surface area contributed by atoms with Crippen LogP contribution in [0, 0.1) is 38.7 Å². The number of allylic oxidation sites excluding steroid dienone is 1. The number of hydrogen-bond acceptors (Lipinski definition) is 5. The van der Waals surface area contributed by atoms with Crippen LogP contribution in [-0.2, 0) is 14.0 Å². The highest BCUT2D eigenvalue weighted by Crippen LogP contribution is 2.66. The minimum Gasteiger partial charge on any atom is -0.416 e. The highest BCUT2D eigenvalue weighted by molar-refractivity contribution is 6.74. The third-order valence-corrected chi connectivity index (χ3v) is 14.6. The molecule has 0 N–H and O–H groups in total. The molecule has 6 atom stereocenters. The Bertz CT molecular complexity index is 859. The molecule has 1 saturated carbocycles. The molecule has 4 rings (SSSR count). The Balaban J connectivity index is 1.76. The van der Waals surface area contributed by atoms with E-state index < -0.39 is 19.8 Å². The Morgan fingerprint density at radius 1 is 1.28 bits per heavy atom. The van der Waals surface area contributed by atoms with Crippen LogP contribution in [0.1, 0.15) is 73.6 Å². The Morgan fingerprint density at radius 2 is 1.94 bits per heavy atom. The van der Waals surface area contributed by atoms with Gasteiger partial charge in [0.2, 0.25) is 5.70 Å². The number of fused-ring (bicyclic) bond motifs is 4. The number of nitrogens with zero attached hydrogens (tertiary/aromatic N) is 1. The van der Waals surface area contributed by atoms with Gasteiger partial charge in [-0.3, -0.25) is 14.9 Å². The Hall–Kier alpha value is -1.05. The van der Waals surface area contributed by atoms with E-state index in [4.69, 9.17) is 9.16 Å². The summed E-state index contributed by atoms with van der Waals surface area (Å²) in [6.07, 6.45) is 5.61. The van der Waals surface area contributed by atoms with Gasteiger partial charge in [0, 0.05) is 36.2 Å². The average molecular weight is 464 g/mol. The molecule has 0 aromatic carbocycles. The summed E-state index contributed by atoms with van der Waals surface area (Å²) in [4.78, 5) is 25.9. The van der Waals surface area contributed by atoms with Crippen molar-refractivity contribution in [1.29, 1.82) is 0 Å². The molecule has 6 nitrogen and oxygen atoms in total. The lowest BCUT2D eigenvalue weighted by atomic mass is 9.50. The van der Waals surface area contributed by atoms with Crippen LogP contribution in [0.4, 0.5) is 0 Å². The van der Waals surface area contributed by atoms with Gasteiger partial charge in [0.1, 0.15) is 5.60 Å². The van der Waals surface area contributed by atoms with Gasteiger partial charge in [-0.25, -0.2) is 0 Å². The van der Waals surface area contributed by atoms with E-state index in [0.717, 1.165) is 25.7 Å². The first-order chi connectivity index (χ1) is 14.6. The molecule has 32 heavy (non-hydrogen) atoms. The Morgan fingerprint density at radius 3 is 2.53 bits per heavy atom. The van der Waals surface area contributed by atoms with E-state index in [9.17, 15) is 14.9 Å². The van der Waals surface area contributed by atoms with Crippen molar-refractivity contribution in [3.8, 4) is 0 Å². The molecule has 3 fully saturated rings. The summed E-state index contributed by atoms with van der Waals surface area (Å²) < 4.78 is 13.6. The molecule has 2 saturated heterocycles. The molecule has 4 bridgehead atoms. The predicted octanol–water partition coefficient (Wildman–Crippen LogP) is 5.75. The molecule has 4 aliphatic rings. The van der Waals surface area contributed by atoms with Crippen molar-refractivity contribution in [2.24, 2.45) is 28.6 Å². The average Bonchev–Trinajstić information content (AvgIpc) is 2.97. The minimum absolute atomic E-state index is 0.00193. The van der Waals surface area contributed by atoms with Crippen LogP contribution >= 0.6 is 0 Å². The first kappa shape index (κ1) is 24.1. The second kappa shape index (κ2) is 7.22. The van der Waals surface area contributed by atoms with Crippen molar-refractivity contribution in [1.82, 2.24) is 0 Å². The van der Waals surface area contributed by atoms with Crippen molar-refractivity contribution in [2.75, 3.05) is 6.61 Å². The topological polar surface area (TPSA) is 78.7 Å². The largest absolute Gasteiger partial charge is 0.416 e. The second-order valence-corrected chi connectivity index (χ2v) is 18.0. The highest BCUT2D eigenvalue weighted by atomic mass is 28.4. The first-order valence-electron chi connectivity index (χ1n) is 12.3. The van der Waals surface area contributed by atoms with Crippen molar-refractivity contribution in [3.05, 3.63) is 21.9 Å². The van der Waals surface area contributed by atoms with Gasteiger partial charge < -0.3 is 9.16 Å². The van der Waals surface area contributed by atoms with Crippen LogP contribution in [0.2, 0.25) is 18.1 Å². The second-order valence-electron chi connectivity index (χ2n) is 13.2. The molecule has 7 heteroatoms. The minimum atomic E-state index is -1.98. The van der Waals surface area contributed by atoms with E-state index in [0.29, 0.717) is 6.61 Å². The first-order valence-corrected chi connectivity index (χ1v) is 15.2. The lowest BCUT2D eigenvalue weighted by Crippen LogP contribution is -2.62. The number of ketones is 1. The fraction of sp³-hybridized carbons (Fsp3) is 0.880. The van der Waals surface area contributed by atoms with Crippen molar-refractivity contribution >= 4 is 14.1 Å². The van der Waals surface area contributed by atoms with Crippen molar-refractivity contribution in [3.63, 3.8) is 0 Å². The van der Waals surface area contributed by atoms with Gasteiger partial charge in [-0.2, -0.15) is 0 Å². The highest BCUT2D eigenvalue weighted by Gasteiger charge is 2.72. The number of carbonyl (C=O) groups excluding carboxylic acids is 1. The normalized spacial score (nSPS) is 41.0. The van der Waals surface area contributed by atoms with Gasteiger partial charge >= 0.3 is 0 Å². The molecule has 0 radical (unpaired) electrons. The number of hydrogen-bond donors (Lipinski definition) is 0. The lowest BCUT2D eigenvalue weighted by Gasteiger charge is -2.53. The monoisotopic (exact) mass is 463 g/mol. The summed E-state index contributed by atoms with van der Waals surface area (Å²) in [6.45, 7) is 18.2. The quantitative estimate of drug-likeness (QED) is 0.301. The smallest absolute Gasteiger partial charge is 0.243 e. The maximum atomic E-state index is 14.5. The zero-order valence-corrected chi connectivity index (χ0v) is 22.1.